The van der Waals surface area contributed by atoms with Crippen LogP contribution in [0.3, 0.4) is 0 Å². The molecule has 2 rings (SSSR count). The fourth-order valence-electron chi connectivity index (χ4n) is 1.06. The van der Waals surface area contributed by atoms with Gasteiger partial charge in [-0.1, -0.05) is 0 Å². The second-order valence-corrected chi connectivity index (χ2v) is 2.57. The molecule has 0 spiro atoms. The molecule has 3 N–H and O–H groups in total. The second-order valence-electron chi connectivity index (χ2n) is 2.57. The van der Waals surface area contributed by atoms with Crippen molar-refractivity contribution in [1.82, 2.24) is 10.2 Å². The van der Waals surface area contributed by atoms with Crippen molar-refractivity contribution >= 4 is 5.82 Å². The number of nitrogen functional groups attached to an aromatic ring is 1. The average molecular weight is 163 g/mol. The smallest absolute Gasteiger partial charge is 0.119 e. The van der Waals surface area contributed by atoms with Gasteiger partial charge in [-0.3, -0.25) is 5.10 Å². The van der Waals surface area contributed by atoms with Crippen LogP contribution in [0, 0.1) is 0 Å². The number of nitrogens with two attached hydrogens (primary N) is 1. The molecule has 0 aliphatic rings. The Morgan fingerprint density at radius 2 is 2.50 bits per heavy atom. The Bertz CT molecular complexity index is 350. The number of H-pyrrole nitrogens is 1. The quantitative estimate of drug-likeness (QED) is 0.698. The molecule has 0 unspecified atom stereocenters. The van der Waals surface area contributed by atoms with E-state index in [4.69, 9.17) is 10.2 Å². The van der Waals surface area contributed by atoms with Crippen LogP contribution in [0.1, 0.15) is 11.5 Å². The molecule has 4 nitrogen and oxygen atoms in total. The van der Waals surface area contributed by atoms with Crippen LogP contribution < -0.4 is 5.73 Å². The third kappa shape index (κ3) is 1.32. The van der Waals surface area contributed by atoms with Gasteiger partial charge in [-0.05, 0) is 12.1 Å². The molecule has 0 aliphatic carbocycles. The zero-order valence-electron chi connectivity index (χ0n) is 6.45. The summed E-state index contributed by atoms with van der Waals surface area (Å²) in [4.78, 5) is 0. The Kier molecular flexibility index (Phi) is 1.59. The van der Waals surface area contributed by atoms with Gasteiger partial charge < -0.3 is 10.2 Å². The minimum atomic E-state index is 0.580. The number of nitrogens with one attached hydrogen (secondary N) is 1. The fraction of sp³-hybridized carbons (Fsp3) is 0.125. The summed E-state index contributed by atoms with van der Waals surface area (Å²) in [6.07, 6.45) is 2.33. The summed E-state index contributed by atoms with van der Waals surface area (Å²) in [5.41, 5.74) is 6.35. The zero-order chi connectivity index (χ0) is 8.39. The highest BCUT2D eigenvalue weighted by molar-refractivity contribution is 5.29. The lowest BCUT2D eigenvalue weighted by Crippen LogP contribution is -1.84. The van der Waals surface area contributed by atoms with Crippen molar-refractivity contribution in [3.05, 3.63) is 35.9 Å². The summed E-state index contributed by atoms with van der Waals surface area (Å²) in [6.45, 7) is 0. The van der Waals surface area contributed by atoms with E-state index in [1.54, 1.807) is 12.3 Å². The third-order valence-electron chi connectivity index (χ3n) is 1.59. The van der Waals surface area contributed by atoms with Gasteiger partial charge in [-0.25, -0.2) is 0 Å². The van der Waals surface area contributed by atoms with Gasteiger partial charge in [0.05, 0.1) is 18.4 Å². The van der Waals surface area contributed by atoms with Crippen molar-refractivity contribution in [3.8, 4) is 0 Å². The maximum absolute atomic E-state index is 5.46. The monoisotopic (exact) mass is 163 g/mol. The molecular formula is C8H9N3O. The van der Waals surface area contributed by atoms with Crippen molar-refractivity contribution in [2.24, 2.45) is 0 Å². The fourth-order valence-corrected chi connectivity index (χ4v) is 1.06. The maximum Gasteiger partial charge on any atom is 0.119 e. The molecule has 4 heteroatoms. The summed E-state index contributed by atoms with van der Waals surface area (Å²) in [6, 6.07) is 5.55. The molecule has 0 atom stereocenters. The van der Waals surface area contributed by atoms with E-state index in [1.165, 1.54) is 0 Å². The van der Waals surface area contributed by atoms with Crippen LogP contribution in [0.2, 0.25) is 0 Å². The van der Waals surface area contributed by atoms with Crippen LogP contribution in [-0.4, -0.2) is 10.2 Å². The number of rotatable bonds is 2. The largest absolute Gasteiger partial charge is 0.469 e. The first-order chi connectivity index (χ1) is 5.84. The average Bonchev–Trinajstić information content (AvgIpc) is 2.63. The molecule has 2 heterocycles. The van der Waals surface area contributed by atoms with E-state index in [2.05, 4.69) is 10.2 Å². The standard InChI is InChI=1S/C8H9N3O/c9-8-5-6(10-11-8)4-7-2-1-3-12-7/h1-3,5H,4H2,(H3,9,10,11). The van der Waals surface area contributed by atoms with E-state index in [0.717, 1.165) is 11.5 Å². The molecule has 0 fully saturated rings. The Morgan fingerprint density at radius 1 is 1.58 bits per heavy atom. The topological polar surface area (TPSA) is 67.8 Å². The van der Waals surface area contributed by atoms with Crippen molar-refractivity contribution < 1.29 is 4.42 Å². The third-order valence-corrected chi connectivity index (χ3v) is 1.59. The van der Waals surface area contributed by atoms with Crippen LogP contribution in [0.5, 0.6) is 0 Å². The highest BCUT2D eigenvalue weighted by Gasteiger charge is 2.01. The molecule has 0 aromatic carbocycles. The Hall–Kier alpha value is -1.71. The summed E-state index contributed by atoms with van der Waals surface area (Å²) in [5.74, 6) is 1.47. The number of anilines is 1. The Labute approximate surface area is 69.4 Å². The zero-order valence-corrected chi connectivity index (χ0v) is 6.45. The molecule has 12 heavy (non-hydrogen) atoms. The van der Waals surface area contributed by atoms with E-state index >= 15 is 0 Å². The molecule has 2 aromatic rings. The Morgan fingerprint density at radius 3 is 3.08 bits per heavy atom. The minimum absolute atomic E-state index is 0.580. The molecule has 0 aliphatic heterocycles. The molecular weight excluding hydrogens is 154 g/mol. The van der Waals surface area contributed by atoms with E-state index in [1.807, 2.05) is 12.1 Å². The van der Waals surface area contributed by atoms with Crippen LogP contribution in [0.4, 0.5) is 5.82 Å². The van der Waals surface area contributed by atoms with Gasteiger partial charge in [-0.15, -0.1) is 0 Å². The van der Waals surface area contributed by atoms with Crippen molar-refractivity contribution in [2.75, 3.05) is 5.73 Å². The van der Waals surface area contributed by atoms with E-state index < -0.39 is 0 Å². The highest BCUT2D eigenvalue weighted by Crippen LogP contribution is 2.08. The van der Waals surface area contributed by atoms with Gasteiger partial charge in [0.15, 0.2) is 0 Å². The summed E-state index contributed by atoms with van der Waals surface area (Å²) >= 11 is 0. The molecule has 62 valence electrons. The lowest BCUT2D eigenvalue weighted by molar-refractivity contribution is 0.519. The van der Waals surface area contributed by atoms with Crippen LogP contribution in [0.15, 0.2) is 28.9 Å². The minimum Gasteiger partial charge on any atom is -0.469 e. The second kappa shape index (κ2) is 2.73. The van der Waals surface area contributed by atoms with Gasteiger partial charge in [0, 0.05) is 6.07 Å². The molecule has 2 aromatic heterocycles. The number of hydrogen-bond donors (Lipinski definition) is 2. The predicted molar refractivity (Wildman–Crippen MR) is 44.5 cm³/mol. The Balaban J connectivity index is 2.14. The van der Waals surface area contributed by atoms with E-state index in [0.29, 0.717) is 12.2 Å². The van der Waals surface area contributed by atoms with Gasteiger partial charge >= 0.3 is 0 Å². The SMILES string of the molecule is Nc1cc(Cc2ccco2)n[nH]1. The first-order valence-corrected chi connectivity index (χ1v) is 3.67. The van der Waals surface area contributed by atoms with Gasteiger partial charge in [0.1, 0.15) is 11.6 Å². The van der Waals surface area contributed by atoms with Crippen LogP contribution in [-0.2, 0) is 6.42 Å². The number of nitrogens with zero attached hydrogens (tertiary/aromatic N) is 1. The summed E-state index contributed by atoms with van der Waals surface area (Å²) < 4.78 is 5.15. The first kappa shape index (κ1) is 6.97. The van der Waals surface area contributed by atoms with E-state index in [-0.39, 0.29) is 0 Å². The van der Waals surface area contributed by atoms with Crippen LogP contribution in [0.25, 0.3) is 0 Å². The summed E-state index contributed by atoms with van der Waals surface area (Å²) in [5, 5.41) is 6.65. The lowest BCUT2D eigenvalue weighted by Gasteiger charge is -1.88. The van der Waals surface area contributed by atoms with E-state index in [9.17, 15) is 0 Å². The van der Waals surface area contributed by atoms with Crippen molar-refractivity contribution in [1.29, 1.82) is 0 Å². The number of hydrogen-bond acceptors (Lipinski definition) is 3. The van der Waals surface area contributed by atoms with Crippen molar-refractivity contribution in [2.45, 2.75) is 6.42 Å². The number of aromatic nitrogens is 2. The first-order valence-electron chi connectivity index (χ1n) is 3.67. The van der Waals surface area contributed by atoms with Crippen molar-refractivity contribution in [3.63, 3.8) is 0 Å². The number of furan rings is 1. The molecule has 0 amide bonds. The molecule has 0 saturated heterocycles. The number of aromatic amines is 1. The van der Waals surface area contributed by atoms with Crippen LogP contribution >= 0.6 is 0 Å². The predicted octanol–water partition coefficient (Wildman–Crippen LogP) is 1.18. The normalized spacial score (nSPS) is 10.3. The molecule has 0 bridgehead atoms. The maximum atomic E-state index is 5.46. The highest BCUT2D eigenvalue weighted by atomic mass is 16.3. The van der Waals surface area contributed by atoms with Gasteiger partial charge in [-0.2, -0.15) is 5.10 Å². The molecule has 0 radical (unpaired) electrons. The summed E-state index contributed by atoms with van der Waals surface area (Å²) in [7, 11) is 0. The van der Waals surface area contributed by atoms with Gasteiger partial charge in [0.25, 0.3) is 0 Å². The van der Waals surface area contributed by atoms with Gasteiger partial charge in [0.2, 0.25) is 0 Å². The lowest BCUT2D eigenvalue weighted by atomic mass is 10.2. The molecule has 0 saturated carbocycles.